The van der Waals surface area contributed by atoms with Crippen molar-refractivity contribution < 1.29 is 26.7 Å². The zero-order valence-corrected chi connectivity index (χ0v) is 17.5. The van der Waals surface area contributed by atoms with Crippen molar-refractivity contribution in [2.45, 2.75) is 39.2 Å². The Balaban J connectivity index is 1.92. The number of nitrogens with one attached hydrogen (secondary N) is 2. The summed E-state index contributed by atoms with van der Waals surface area (Å²) in [4.78, 5) is 8.77. The van der Waals surface area contributed by atoms with E-state index in [4.69, 9.17) is 0 Å². The monoisotopic (exact) mass is 452 g/mol. The summed E-state index contributed by atoms with van der Waals surface area (Å²) in [6.07, 6.45) is -4.82. The van der Waals surface area contributed by atoms with E-state index in [-0.39, 0.29) is 18.2 Å². The molecule has 1 heterocycles. The third kappa shape index (κ3) is 6.79. The summed E-state index contributed by atoms with van der Waals surface area (Å²) < 4.78 is 68.4. The van der Waals surface area contributed by atoms with Gasteiger partial charge in [-0.05, 0) is 50.6 Å². The molecule has 3 rings (SSSR count). The van der Waals surface area contributed by atoms with Gasteiger partial charge in [0.05, 0.1) is 5.69 Å². The van der Waals surface area contributed by atoms with Gasteiger partial charge in [0.25, 0.3) is 0 Å². The number of ether oxygens (including phenoxy) is 1. The van der Waals surface area contributed by atoms with Gasteiger partial charge in [0, 0.05) is 23.7 Å². The van der Waals surface area contributed by atoms with Crippen molar-refractivity contribution in [2.75, 3.05) is 10.6 Å². The lowest BCUT2D eigenvalue weighted by molar-refractivity contribution is -0.274. The van der Waals surface area contributed by atoms with E-state index in [2.05, 4.69) is 25.3 Å². The van der Waals surface area contributed by atoms with E-state index < -0.39 is 23.5 Å². The van der Waals surface area contributed by atoms with E-state index >= 15 is 0 Å². The highest BCUT2D eigenvalue weighted by Gasteiger charge is 2.31. The second-order valence-corrected chi connectivity index (χ2v) is 8.01. The molecule has 0 aliphatic carbocycles. The Morgan fingerprint density at radius 3 is 2.31 bits per heavy atom. The second kappa shape index (κ2) is 8.97. The molecule has 0 aliphatic rings. The molecule has 5 nitrogen and oxygen atoms in total. The SMILES string of the molecule is CC(C)(C)Nc1nc(NCc2ccc(F)c(F)c2)cc(-c2cccc(OC(F)(F)F)c2)n1. The lowest BCUT2D eigenvalue weighted by Crippen LogP contribution is -2.27. The Labute approximate surface area is 181 Å². The predicted octanol–water partition coefficient (Wildman–Crippen LogP) is 6.14. The number of nitrogens with zero attached hydrogens (tertiary/aromatic N) is 2. The Morgan fingerprint density at radius 1 is 0.906 bits per heavy atom. The number of anilines is 2. The number of halogens is 5. The van der Waals surface area contributed by atoms with E-state index in [0.717, 1.165) is 12.1 Å². The van der Waals surface area contributed by atoms with Gasteiger partial charge in [0.1, 0.15) is 11.6 Å². The van der Waals surface area contributed by atoms with Crippen molar-refractivity contribution in [3.63, 3.8) is 0 Å². The maximum atomic E-state index is 13.5. The van der Waals surface area contributed by atoms with Gasteiger partial charge in [0.15, 0.2) is 11.6 Å². The molecule has 0 saturated carbocycles. The standard InChI is InChI=1S/C22H21F5N4O/c1-21(2,3)31-20-29-18(14-5-4-6-15(10-14)32-22(25,26)27)11-19(30-20)28-12-13-7-8-16(23)17(24)9-13/h4-11H,12H2,1-3H3,(H2,28,29,30,31). The van der Waals surface area contributed by atoms with Gasteiger partial charge in [-0.15, -0.1) is 13.2 Å². The molecule has 0 fully saturated rings. The van der Waals surface area contributed by atoms with Crippen LogP contribution in [-0.4, -0.2) is 21.9 Å². The van der Waals surface area contributed by atoms with Gasteiger partial charge in [-0.1, -0.05) is 18.2 Å². The van der Waals surface area contributed by atoms with E-state index in [9.17, 15) is 22.0 Å². The summed E-state index contributed by atoms with van der Waals surface area (Å²) in [5, 5.41) is 6.12. The zero-order valence-electron chi connectivity index (χ0n) is 17.5. The molecule has 3 aromatic rings. The van der Waals surface area contributed by atoms with Crippen LogP contribution in [0.25, 0.3) is 11.3 Å². The smallest absolute Gasteiger partial charge is 0.406 e. The maximum Gasteiger partial charge on any atom is 0.573 e. The van der Waals surface area contributed by atoms with E-state index in [1.165, 1.54) is 24.3 Å². The van der Waals surface area contributed by atoms with Crippen molar-refractivity contribution in [3.05, 3.63) is 65.7 Å². The first-order valence-corrected chi connectivity index (χ1v) is 9.59. The summed E-state index contributed by atoms with van der Waals surface area (Å²) in [6.45, 7) is 5.83. The minimum atomic E-state index is -4.82. The van der Waals surface area contributed by atoms with Crippen LogP contribution >= 0.6 is 0 Å². The number of hydrogen-bond acceptors (Lipinski definition) is 5. The second-order valence-electron chi connectivity index (χ2n) is 8.01. The van der Waals surface area contributed by atoms with Crippen LogP contribution in [0.2, 0.25) is 0 Å². The summed E-state index contributed by atoms with van der Waals surface area (Å²) in [5.74, 6) is -1.71. The largest absolute Gasteiger partial charge is 0.573 e. The van der Waals surface area contributed by atoms with Crippen LogP contribution in [-0.2, 0) is 6.54 Å². The first-order valence-electron chi connectivity index (χ1n) is 9.59. The van der Waals surface area contributed by atoms with Crippen molar-refractivity contribution in [2.24, 2.45) is 0 Å². The van der Waals surface area contributed by atoms with Crippen LogP contribution < -0.4 is 15.4 Å². The lowest BCUT2D eigenvalue weighted by Gasteiger charge is -2.21. The molecule has 0 spiro atoms. The molecule has 0 amide bonds. The molecule has 0 saturated heterocycles. The average molecular weight is 452 g/mol. The van der Waals surface area contributed by atoms with Gasteiger partial charge < -0.3 is 15.4 Å². The first-order chi connectivity index (χ1) is 14.9. The number of rotatable bonds is 6. The highest BCUT2D eigenvalue weighted by Crippen LogP contribution is 2.29. The van der Waals surface area contributed by atoms with Crippen molar-refractivity contribution in [3.8, 4) is 17.0 Å². The highest BCUT2D eigenvalue weighted by molar-refractivity contribution is 5.66. The molecule has 0 radical (unpaired) electrons. The summed E-state index contributed by atoms with van der Waals surface area (Å²) in [7, 11) is 0. The fourth-order valence-corrected chi connectivity index (χ4v) is 2.77. The first kappa shape index (κ1) is 23.2. The molecule has 170 valence electrons. The topological polar surface area (TPSA) is 59.1 Å². The Bertz CT molecular complexity index is 1100. The third-order valence-corrected chi connectivity index (χ3v) is 4.03. The minimum Gasteiger partial charge on any atom is -0.406 e. The summed E-state index contributed by atoms with van der Waals surface area (Å²) in [6, 6.07) is 10.5. The Kier molecular flexibility index (Phi) is 6.52. The van der Waals surface area contributed by atoms with Crippen LogP contribution in [0.5, 0.6) is 5.75 Å². The minimum absolute atomic E-state index is 0.139. The van der Waals surface area contributed by atoms with E-state index in [1.807, 2.05) is 20.8 Å². The van der Waals surface area contributed by atoms with E-state index in [1.54, 1.807) is 12.1 Å². The quantitative estimate of drug-likeness (QED) is 0.440. The normalized spacial score (nSPS) is 11.9. The summed E-state index contributed by atoms with van der Waals surface area (Å²) in [5.41, 5.74) is 0.807. The van der Waals surface area contributed by atoms with Crippen molar-refractivity contribution in [1.82, 2.24) is 9.97 Å². The Morgan fingerprint density at radius 2 is 1.66 bits per heavy atom. The fourth-order valence-electron chi connectivity index (χ4n) is 2.77. The van der Waals surface area contributed by atoms with Gasteiger partial charge in [0.2, 0.25) is 5.95 Å². The van der Waals surface area contributed by atoms with Crippen LogP contribution in [0.4, 0.5) is 33.7 Å². The number of benzene rings is 2. The number of aromatic nitrogens is 2. The lowest BCUT2D eigenvalue weighted by atomic mass is 10.1. The third-order valence-electron chi connectivity index (χ3n) is 4.03. The Hall–Kier alpha value is -3.43. The summed E-state index contributed by atoms with van der Waals surface area (Å²) >= 11 is 0. The van der Waals surface area contributed by atoms with Crippen LogP contribution in [0.3, 0.4) is 0 Å². The van der Waals surface area contributed by atoms with Gasteiger partial charge in [-0.3, -0.25) is 0 Å². The molecule has 0 unspecified atom stereocenters. The van der Waals surface area contributed by atoms with Crippen molar-refractivity contribution >= 4 is 11.8 Å². The van der Waals surface area contributed by atoms with Crippen LogP contribution in [0, 0.1) is 11.6 Å². The predicted molar refractivity (Wildman–Crippen MR) is 111 cm³/mol. The van der Waals surface area contributed by atoms with Gasteiger partial charge >= 0.3 is 6.36 Å². The van der Waals surface area contributed by atoms with E-state index in [0.29, 0.717) is 22.6 Å². The van der Waals surface area contributed by atoms with Crippen molar-refractivity contribution in [1.29, 1.82) is 0 Å². The molecule has 2 aromatic carbocycles. The number of alkyl halides is 3. The molecular formula is C22H21F5N4O. The van der Waals surface area contributed by atoms with Gasteiger partial charge in [-0.2, -0.15) is 4.98 Å². The van der Waals surface area contributed by atoms with Crippen LogP contribution in [0.15, 0.2) is 48.5 Å². The number of hydrogen-bond donors (Lipinski definition) is 2. The molecule has 0 bridgehead atoms. The molecule has 0 atom stereocenters. The molecule has 2 N–H and O–H groups in total. The molecule has 1 aromatic heterocycles. The molecule has 0 aliphatic heterocycles. The molecule has 10 heteroatoms. The maximum absolute atomic E-state index is 13.5. The van der Waals surface area contributed by atoms with Crippen LogP contribution in [0.1, 0.15) is 26.3 Å². The van der Waals surface area contributed by atoms with Gasteiger partial charge in [-0.25, -0.2) is 13.8 Å². The highest BCUT2D eigenvalue weighted by atomic mass is 19.4. The zero-order chi connectivity index (χ0) is 23.5. The molecule has 32 heavy (non-hydrogen) atoms. The fraction of sp³-hybridized carbons (Fsp3) is 0.273. The molecular weight excluding hydrogens is 431 g/mol. The average Bonchev–Trinajstić information content (AvgIpc) is 2.66.